The van der Waals surface area contributed by atoms with Crippen molar-refractivity contribution in [2.24, 2.45) is 0 Å². The molecule has 0 saturated carbocycles. The molecule has 164 valence electrons. The molecule has 2 N–H and O–H groups in total. The predicted octanol–water partition coefficient (Wildman–Crippen LogP) is 5.95. The molecule has 3 aromatic carbocycles. The molecule has 0 spiro atoms. The minimum atomic E-state index is -4.61. The van der Waals surface area contributed by atoms with E-state index in [1.165, 1.54) is 6.07 Å². The van der Waals surface area contributed by atoms with Crippen LogP contribution in [0.1, 0.15) is 22.3 Å². The maximum atomic E-state index is 14.3. The minimum absolute atomic E-state index is 0.0231. The molecule has 0 aliphatic rings. The summed E-state index contributed by atoms with van der Waals surface area (Å²) in [6.45, 7) is 0. The average Bonchev–Trinajstić information content (AvgIpc) is 2.74. The fourth-order valence-electron chi connectivity index (χ4n) is 3.37. The van der Waals surface area contributed by atoms with Crippen molar-refractivity contribution in [2.75, 3.05) is 0 Å². The third kappa shape index (κ3) is 4.52. The van der Waals surface area contributed by atoms with Crippen molar-refractivity contribution in [2.45, 2.75) is 24.3 Å². The Bertz CT molecular complexity index is 1060. The lowest BCUT2D eigenvalue weighted by Gasteiger charge is -2.35. The summed E-state index contributed by atoms with van der Waals surface area (Å²) in [4.78, 5) is 0. The van der Waals surface area contributed by atoms with Crippen LogP contribution in [0.2, 0.25) is 0 Å². The smallest absolute Gasteiger partial charge is 0.332 e. The summed E-state index contributed by atoms with van der Waals surface area (Å²) in [6, 6.07) is 13.8. The van der Waals surface area contributed by atoms with E-state index in [0.29, 0.717) is 11.6 Å². The minimum Gasteiger partial charge on any atom is -0.505 e. The van der Waals surface area contributed by atoms with Gasteiger partial charge in [0.2, 0.25) is 0 Å². The highest BCUT2D eigenvalue weighted by Gasteiger charge is 2.44. The Hall–Kier alpha value is -2.65. The molecule has 3 aromatic rings. The maximum absolute atomic E-state index is 14.3. The van der Waals surface area contributed by atoms with Crippen LogP contribution in [0.15, 0.2) is 66.7 Å². The predicted molar refractivity (Wildman–Crippen MR) is 107 cm³/mol. The van der Waals surface area contributed by atoms with Gasteiger partial charge in [-0.15, -0.1) is 0 Å². The number of aromatic hydroxyl groups is 1. The van der Waals surface area contributed by atoms with E-state index in [4.69, 9.17) is 0 Å². The molecule has 3 rings (SSSR count). The lowest BCUT2D eigenvalue weighted by atomic mass is 9.78. The Balaban J connectivity index is 2.28. The van der Waals surface area contributed by atoms with Crippen LogP contribution in [0.4, 0.5) is 26.3 Å². The summed E-state index contributed by atoms with van der Waals surface area (Å²) in [7, 11) is 0. The molecule has 0 fully saturated rings. The van der Waals surface area contributed by atoms with Gasteiger partial charge in [-0.2, -0.15) is 8.78 Å². The van der Waals surface area contributed by atoms with Gasteiger partial charge in [-0.1, -0.05) is 49.2 Å². The quantitative estimate of drug-likeness (QED) is 0.303. The summed E-state index contributed by atoms with van der Waals surface area (Å²) in [6.07, 6.45) is -4.08. The van der Waals surface area contributed by atoms with Crippen molar-refractivity contribution in [3.63, 3.8) is 0 Å². The van der Waals surface area contributed by atoms with Crippen molar-refractivity contribution in [1.82, 2.24) is 4.72 Å². The number of halogens is 6. The van der Waals surface area contributed by atoms with E-state index in [9.17, 15) is 31.4 Å². The molecule has 0 aliphatic heterocycles. The van der Waals surface area contributed by atoms with Gasteiger partial charge in [-0.3, -0.25) is 4.72 Å². The highest BCUT2D eigenvalue weighted by atomic mass is 32.1. The monoisotopic (exact) mass is 457 g/mol. The van der Waals surface area contributed by atoms with E-state index in [-0.39, 0.29) is 17.5 Å². The number of rotatable bonds is 7. The molecule has 0 aromatic heterocycles. The van der Waals surface area contributed by atoms with E-state index in [1.54, 1.807) is 30.3 Å². The maximum Gasteiger partial charge on any atom is 0.332 e. The van der Waals surface area contributed by atoms with Gasteiger partial charge in [-0.25, -0.2) is 17.6 Å². The number of benzene rings is 3. The second kappa shape index (κ2) is 8.84. The standard InChI is InChI=1S/C22H17F6NOS/c23-17-9-15(8-16(10-17)22(27,28)20(25)26)21(29-31,12-13-4-2-1-3-5-13)14-6-7-19(30)18(24)11-14/h1-11,20,29-31H,12H2. The van der Waals surface area contributed by atoms with E-state index < -0.39 is 40.8 Å². The number of hydrogen-bond donors (Lipinski definition) is 3. The van der Waals surface area contributed by atoms with Crippen LogP contribution in [0.3, 0.4) is 0 Å². The molecule has 31 heavy (non-hydrogen) atoms. The molecule has 2 nitrogen and oxygen atoms in total. The highest BCUT2D eigenvalue weighted by Crippen LogP contribution is 2.40. The largest absolute Gasteiger partial charge is 0.505 e. The number of phenolic OH excluding ortho intramolecular Hbond substituents is 1. The van der Waals surface area contributed by atoms with Gasteiger partial charge in [0.05, 0.1) is 5.54 Å². The molecule has 1 atom stereocenters. The van der Waals surface area contributed by atoms with Crippen LogP contribution in [0, 0.1) is 11.6 Å². The first kappa shape index (κ1) is 23.0. The Morgan fingerprint density at radius 3 is 2.10 bits per heavy atom. The topological polar surface area (TPSA) is 32.3 Å². The first-order valence-corrected chi connectivity index (χ1v) is 9.46. The molecule has 0 heterocycles. The van der Waals surface area contributed by atoms with E-state index in [2.05, 4.69) is 17.5 Å². The van der Waals surface area contributed by atoms with Crippen LogP contribution in [0.5, 0.6) is 5.75 Å². The normalized spacial score (nSPS) is 13.9. The van der Waals surface area contributed by atoms with Crippen molar-refractivity contribution in [3.05, 3.63) is 101 Å². The molecule has 0 bridgehead atoms. The number of thiol groups is 1. The second-order valence-electron chi connectivity index (χ2n) is 7.00. The zero-order chi connectivity index (χ0) is 22.8. The summed E-state index contributed by atoms with van der Waals surface area (Å²) in [5, 5.41) is 9.54. The van der Waals surface area contributed by atoms with E-state index in [0.717, 1.165) is 24.3 Å². The zero-order valence-corrected chi connectivity index (χ0v) is 16.7. The van der Waals surface area contributed by atoms with Crippen LogP contribution in [-0.2, 0) is 17.9 Å². The molecular formula is C22H17F6NOS. The summed E-state index contributed by atoms with van der Waals surface area (Å²) < 4.78 is 85.0. The van der Waals surface area contributed by atoms with Gasteiger partial charge in [-0.05, 0) is 53.4 Å². The third-order valence-corrected chi connectivity index (χ3v) is 5.37. The third-order valence-electron chi connectivity index (χ3n) is 4.99. The Kier molecular flexibility index (Phi) is 6.56. The second-order valence-corrected chi connectivity index (χ2v) is 7.22. The van der Waals surface area contributed by atoms with Crippen molar-refractivity contribution in [3.8, 4) is 5.75 Å². The molecule has 0 aliphatic carbocycles. The van der Waals surface area contributed by atoms with Crippen LogP contribution in [-0.4, -0.2) is 11.5 Å². The Labute approximate surface area is 180 Å². The number of nitrogens with one attached hydrogen (secondary N) is 1. The Morgan fingerprint density at radius 2 is 1.52 bits per heavy atom. The molecule has 1 unspecified atom stereocenters. The number of hydrogen-bond acceptors (Lipinski definition) is 3. The van der Waals surface area contributed by atoms with Crippen molar-refractivity contribution >= 4 is 12.8 Å². The van der Waals surface area contributed by atoms with Gasteiger partial charge in [0, 0.05) is 5.56 Å². The van der Waals surface area contributed by atoms with Gasteiger partial charge < -0.3 is 5.11 Å². The first-order chi connectivity index (χ1) is 14.6. The van der Waals surface area contributed by atoms with Gasteiger partial charge in [0.1, 0.15) is 5.82 Å². The highest BCUT2D eigenvalue weighted by molar-refractivity contribution is 7.78. The average molecular weight is 457 g/mol. The lowest BCUT2D eigenvalue weighted by Crippen LogP contribution is -2.41. The van der Waals surface area contributed by atoms with Gasteiger partial charge >= 0.3 is 12.3 Å². The molecule has 0 amide bonds. The van der Waals surface area contributed by atoms with Crippen LogP contribution >= 0.6 is 12.8 Å². The van der Waals surface area contributed by atoms with E-state index in [1.807, 2.05) is 0 Å². The molecule has 9 heteroatoms. The molecule has 0 saturated heterocycles. The molecular weight excluding hydrogens is 440 g/mol. The van der Waals surface area contributed by atoms with Crippen LogP contribution < -0.4 is 4.72 Å². The lowest BCUT2D eigenvalue weighted by molar-refractivity contribution is -0.135. The molecule has 0 radical (unpaired) electrons. The summed E-state index contributed by atoms with van der Waals surface area (Å²) in [5.74, 6) is -7.44. The van der Waals surface area contributed by atoms with Crippen LogP contribution in [0.25, 0.3) is 0 Å². The van der Waals surface area contributed by atoms with Gasteiger partial charge in [0.25, 0.3) is 0 Å². The zero-order valence-electron chi connectivity index (χ0n) is 15.8. The fourth-order valence-corrected chi connectivity index (χ4v) is 3.71. The fraction of sp³-hybridized carbons (Fsp3) is 0.182. The summed E-state index contributed by atoms with van der Waals surface area (Å²) >= 11 is 4.10. The SMILES string of the molecule is Oc1ccc(C(Cc2ccccc2)(NS)c2cc(F)cc(C(F)(F)C(F)F)c2)cc1F. The number of alkyl halides is 4. The summed E-state index contributed by atoms with van der Waals surface area (Å²) in [5.41, 5.74) is -2.25. The van der Waals surface area contributed by atoms with E-state index >= 15 is 0 Å². The van der Waals surface area contributed by atoms with Crippen molar-refractivity contribution in [1.29, 1.82) is 0 Å². The Morgan fingerprint density at radius 1 is 0.871 bits per heavy atom. The number of phenols is 1. The van der Waals surface area contributed by atoms with Gasteiger partial charge in [0.15, 0.2) is 11.6 Å². The first-order valence-electron chi connectivity index (χ1n) is 9.02. The van der Waals surface area contributed by atoms with Crippen molar-refractivity contribution < 1.29 is 31.4 Å².